The lowest BCUT2D eigenvalue weighted by Gasteiger charge is -2.11. The van der Waals surface area contributed by atoms with Crippen LogP contribution in [0.4, 0.5) is 0 Å². The summed E-state index contributed by atoms with van der Waals surface area (Å²) in [6.45, 7) is 0.905. The van der Waals surface area contributed by atoms with E-state index in [9.17, 15) is 4.79 Å². The average Bonchev–Trinajstić information content (AvgIpc) is 3.25. The fourth-order valence-corrected chi connectivity index (χ4v) is 4.43. The molecule has 3 aromatic carbocycles. The van der Waals surface area contributed by atoms with Gasteiger partial charge in [0.2, 0.25) is 0 Å². The van der Waals surface area contributed by atoms with E-state index in [1.165, 1.54) is 0 Å². The van der Waals surface area contributed by atoms with Crippen molar-refractivity contribution in [3.63, 3.8) is 0 Å². The summed E-state index contributed by atoms with van der Waals surface area (Å²) >= 11 is 9.79. The summed E-state index contributed by atoms with van der Waals surface area (Å²) in [5, 5.41) is 5.37. The van der Waals surface area contributed by atoms with E-state index in [1.54, 1.807) is 12.1 Å². The molecule has 2 heterocycles. The Labute approximate surface area is 204 Å². The second-order valence-electron chi connectivity index (χ2n) is 7.81. The number of aromatic amines is 1. The Hall–Kier alpha value is -3.19. The van der Waals surface area contributed by atoms with E-state index in [4.69, 9.17) is 22.3 Å². The number of hydrogen-bond acceptors (Lipinski definition) is 3. The number of pyridine rings is 1. The quantitative estimate of drug-likeness (QED) is 0.259. The van der Waals surface area contributed by atoms with Crippen molar-refractivity contribution in [1.82, 2.24) is 15.3 Å². The van der Waals surface area contributed by atoms with Crippen LogP contribution in [-0.2, 0) is 13.1 Å². The standard InChI is InChI=1S/C26H20BrClN4O/c27-17-5-8-23-20(9-17)22(14-30-23)25-11-21(19-7-6-18(28)10-24(19)32-25)26(33)31-13-16-3-1-15(12-29)2-4-16/h1-11,14,30H,12-13,29H2,(H,31,33). The SMILES string of the molecule is NCc1ccc(CNC(=O)c2cc(-c3c[nH]c4ccc(Br)cc34)nc3cc(Cl)ccc23)cc1. The maximum Gasteiger partial charge on any atom is 0.252 e. The molecule has 164 valence electrons. The van der Waals surface area contributed by atoms with Crippen molar-refractivity contribution in [3.8, 4) is 11.3 Å². The molecule has 0 unspecified atom stereocenters. The van der Waals surface area contributed by atoms with Crippen molar-refractivity contribution in [3.05, 3.63) is 99.1 Å². The van der Waals surface area contributed by atoms with Gasteiger partial charge in [-0.1, -0.05) is 57.9 Å². The number of amides is 1. The molecule has 0 atom stereocenters. The minimum absolute atomic E-state index is 0.171. The van der Waals surface area contributed by atoms with Crippen molar-refractivity contribution in [2.45, 2.75) is 13.1 Å². The van der Waals surface area contributed by atoms with Gasteiger partial charge in [-0.05, 0) is 47.5 Å². The van der Waals surface area contributed by atoms with E-state index in [-0.39, 0.29) is 5.91 Å². The Balaban J connectivity index is 1.55. The van der Waals surface area contributed by atoms with Gasteiger partial charge in [0.15, 0.2) is 0 Å². The molecular formula is C26H20BrClN4O. The predicted molar refractivity (Wildman–Crippen MR) is 137 cm³/mol. The zero-order valence-electron chi connectivity index (χ0n) is 17.5. The number of nitrogens with two attached hydrogens (primary N) is 1. The zero-order chi connectivity index (χ0) is 22.9. The molecule has 0 bridgehead atoms. The van der Waals surface area contributed by atoms with Gasteiger partial charge in [-0.25, -0.2) is 4.98 Å². The van der Waals surface area contributed by atoms with Gasteiger partial charge in [-0.2, -0.15) is 0 Å². The number of carbonyl (C=O) groups excluding carboxylic acids is 1. The van der Waals surface area contributed by atoms with E-state index in [0.717, 1.165) is 37.5 Å². The van der Waals surface area contributed by atoms with Crippen LogP contribution >= 0.6 is 27.5 Å². The lowest BCUT2D eigenvalue weighted by molar-refractivity contribution is 0.0952. The van der Waals surface area contributed by atoms with Crippen LogP contribution in [0, 0.1) is 0 Å². The summed E-state index contributed by atoms with van der Waals surface area (Å²) in [4.78, 5) is 21.4. The number of carbonyl (C=O) groups is 1. The van der Waals surface area contributed by atoms with Crippen LogP contribution in [0.2, 0.25) is 5.02 Å². The first-order chi connectivity index (χ1) is 16.0. The van der Waals surface area contributed by atoms with Crippen LogP contribution in [0.15, 0.2) is 77.4 Å². The van der Waals surface area contributed by atoms with Gasteiger partial charge < -0.3 is 16.0 Å². The first-order valence-corrected chi connectivity index (χ1v) is 11.6. The Kier molecular flexibility index (Phi) is 5.89. The van der Waals surface area contributed by atoms with Crippen molar-refractivity contribution in [1.29, 1.82) is 0 Å². The van der Waals surface area contributed by atoms with Crippen LogP contribution in [0.3, 0.4) is 0 Å². The van der Waals surface area contributed by atoms with Gasteiger partial charge in [0.1, 0.15) is 0 Å². The number of nitrogens with one attached hydrogen (secondary N) is 2. The second-order valence-corrected chi connectivity index (χ2v) is 9.16. The van der Waals surface area contributed by atoms with Crippen LogP contribution in [0.5, 0.6) is 0 Å². The van der Waals surface area contributed by atoms with E-state index < -0.39 is 0 Å². The number of halogens is 2. The van der Waals surface area contributed by atoms with Gasteiger partial charge in [-0.3, -0.25) is 4.79 Å². The molecule has 0 aliphatic rings. The van der Waals surface area contributed by atoms with Crippen LogP contribution in [-0.4, -0.2) is 15.9 Å². The van der Waals surface area contributed by atoms with Gasteiger partial charge in [0, 0.05) is 50.6 Å². The Morgan fingerprint density at radius 1 is 1.00 bits per heavy atom. The molecule has 0 radical (unpaired) electrons. The lowest BCUT2D eigenvalue weighted by Crippen LogP contribution is -2.23. The number of hydrogen-bond donors (Lipinski definition) is 3. The Bertz CT molecular complexity index is 1490. The number of nitrogens with zero attached hydrogens (tertiary/aromatic N) is 1. The average molecular weight is 520 g/mol. The molecule has 0 spiro atoms. The highest BCUT2D eigenvalue weighted by atomic mass is 79.9. The van der Waals surface area contributed by atoms with Crippen LogP contribution < -0.4 is 11.1 Å². The molecule has 4 N–H and O–H groups in total. The first-order valence-electron chi connectivity index (χ1n) is 10.5. The molecule has 0 saturated heterocycles. The van der Waals surface area contributed by atoms with Gasteiger partial charge >= 0.3 is 0 Å². The summed E-state index contributed by atoms with van der Waals surface area (Å²) in [6, 6.07) is 21.2. The summed E-state index contributed by atoms with van der Waals surface area (Å²) in [7, 11) is 0. The molecule has 5 aromatic rings. The van der Waals surface area contributed by atoms with E-state index in [1.807, 2.05) is 60.8 Å². The topological polar surface area (TPSA) is 83.8 Å². The molecule has 1 amide bonds. The zero-order valence-corrected chi connectivity index (χ0v) is 19.9. The molecule has 0 aliphatic heterocycles. The van der Waals surface area contributed by atoms with Crippen molar-refractivity contribution in [2.24, 2.45) is 5.73 Å². The maximum absolute atomic E-state index is 13.3. The molecule has 5 nitrogen and oxygen atoms in total. The van der Waals surface area contributed by atoms with Crippen molar-refractivity contribution < 1.29 is 4.79 Å². The fourth-order valence-electron chi connectivity index (χ4n) is 3.90. The number of rotatable bonds is 5. The molecule has 0 fully saturated rings. The molecule has 0 aliphatic carbocycles. The normalized spacial score (nSPS) is 11.2. The second kappa shape index (κ2) is 8.98. The summed E-state index contributed by atoms with van der Waals surface area (Å²) in [6.07, 6.45) is 1.91. The fraction of sp³-hybridized carbons (Fsp3) is 0.0769. The Morgan fingerprint density at radius 3 is 2.58 bits per heavy atom. The third kappa shape index (κ3) is 4.37. The largest absolute Gasteiger partial charge is 0.360 e. The lowest BCUT2D eigenvalue weighted by atomic mass is 10.0. The highest BCUT2D eigenvalue weighted by Crippen LogP contribution is 2.32. The van der Waals surface area contributed by atoms with Crippen molar-refractivity contribution >= 4 is 55.2 Å². The third-order valence-electron chi connectivity index (χ3n) is 5.65. The molecular weight excluding hydrogens is 500 g/mol. The van der Waals surface area contributed by atoms with Gasteiger partial charge in [0.05, 0.1) is 16.8 Å². The molecule has 2 aromatic heterocycles. The summed E-state index contributed by atoms with van der Waals surface area (Å²) in [5.41, 5.74) is 11.6. The number of H-pyrrole nitrogens is 1. The van der Waals surface area contributed by atoms with Gasteiger partial charge in [-0.15, -0.1) is 0 Å². The highest BCUT2D eigenvalue weighted by molar-refractivity contribution is 9.10. The van der Waals surface area contributed by atoms with E-state index in [0.29, 0.717) is 34.9 Å². The van der Waals surface area contributed by atoms with Crippen LogP contribution in [0.25, 0.3) is 33.1 Å². The number of aromatic nitrogens is 2. The van der Waals surface area contributed by atoms with Gasteiger partial charge in [0.25, 0.3) is 5.91 Å². The van der Waals surface area contributed by atoms with E-state index in [2.05, 4.69) is 26.2 Å². The first kappa shape index (κ1) is 21.6. The summed E-state index contributed by atoms with van der Waals surface area (Å²) in [5.74, 6) is -0.171. The molecule has 0 saturated carbocycles. The maximum atomic E-state index is 13.3. The third-order valence-corrected chi connectivity index (χ3v) is 6.38. The number of benzene rings is 3. The molecule has 33 heavy (non-hydrogen) atoms. The summed E-state index contributed by atoms with van der Waals surface area (Å²) < 4.78 is 0.971. The smallest absolute Gasteiger partial charge is 0.252 e. The number of fused-ring (bicyclic) bond motifs is 2. The molecule has 5 rings (SSSR count). The molecule has 7 heteroatoms. The van der Waals surface area contributed by atoms with Crippen molar-refractivity contribution in [2.75, 3.05) is 0 Å². The minimum atomic E-state index is -0.171. The minimum Gasteiger partial charge on any atom is -0.360 e. The Morgan fingerprint density at radius 2 is 1.79 bits per heavy atom. The predicted octanol–water partition coefficient (Wildman–Crippen LogP) is 6.19. The van der Waals surface area contributed by atoms with E-state index >= 15 is 0 Å². The highest BCUT2D eigenvalue weighted by Gasteiger charge is 2.16. The monoisotopic (exact) mass is 518 g/mol. The van der Waals surface area contributed by atoms with Crippen LogP contribution in [0.1, 0.15) is 21.5 Å².